The number of hydrogen-bond donors (Lipinski definition) is 1. The third-order valence-electron chi connectivity index (χ3n) is 3.23. The summed E-state index contributed by atoms with van der Waals surface area (Å²) in [6.07, 6.45) is 0. The Balaban J connectivity index is 2.24. The summed E-state index contributed by atoms with van der Waals surface area (Å²) in [5, 5.41) is 3.65. The van der Waals surface area contributed by atoms with Crippen LogP contribution < -0.4 is 10.1 Å². The van der Waals surface area contributed by atoms with Crippen LogP contribution >= 0.6 is 11.3 Å². The number of carbonyl (C=O) groups excluding carboxylic acids is 3. The molecule has 6 nitrogen and oxygen atoms in total. The molecule has 0 saturated heterocycles. The number of thiophene rings is 1. The van der Waals surface area contributed by atoms with Crippen LogP contribution in [-0.4, -0.2) is 30.9 Å². The molecule has 1 aromatic heterocycles. The average molecular weight is 319 g/mol. The summed E-state index contributed by atoms with van der Waals surface area (Å²) in [6.45, 7) is 3.31. The first-order valence-corrected chi connectivity index (χ1v) is 7.54. The van der Waals surface area contributed by atoms with Crippen molar-refractivity contribution < 1.29 is 23.9 Å². The summed E-state index contributed by atoms with van der Waals surface area (Å²) in [4.78, 5) is 35.3. The minimum absolute atomic E-state index is 0.00342. The summed E-state index contributed by atoms with van der Waals surface area (Å²) in [5.41, 5.74) is 0.793. The van der Waals surface area contributed by atoms with E-state index in [1.165, 1.54) is 18.3 Å². The molecule has 114 valence electrons. The maximum Gasteiger partial charge on any atom is 0.341 e. The highest BCUT2D eigenvalue weighted by Crippen LogP contribution is 2.44. The second kappa shape index (κ2) is 5.42. The van der Waals surface area contributed by atoms with Crippen molar-refractivity contribution in [2.24, 2.45) is 0 Å². The van der Waals surface area contributed by atoms with Gasteiger partial charge in [-0.15, -0.1) is 11.3 Å². The molecule has 3 rings (SSSR count). The molecule has 0 fully saturated rings. The van der Waals surface area contributed by atoms with E-state index in [1.807, 2.05) is 0 Å². The smallest absolute Gasteiger partial charge is 0.341 e. The second-order valence-corrected chi connectivity index (χ2v) is 5.76. The molecular formula is C15H13NO5S. The number of anilines is 1. The molecule has 1 N–H and O–H groups in total. The standard InChI is InChI=1S/C15H13NO5S/c1-3-20-15(19)11-9-5-4-8-10(18)6-21-12(8)13(9)22-14(11)16-7(2)17/h4-5H,3,6H2,1-2H3,(H,16,17). The van der Waals surface area contributed by atoms with E-state index >= 15 is 0 Å². The molecule has 7 heteroatoms. The number of carbonyl (C=O) groups is 3. The zero-order chi connectivity index (χ0) is 15.9. The lowest BCUT2D eigenvalue weighted by Gasteiger charge is -2.04. The van der Waals surface area contributed by atoms with Gasteiger partial charge in [0, 0.05) is 12.3 Å². The number of rotatable bonds is 3. The summed E-state index contributed by atoms with van der Waals surface area (Å²) in [6, 6.07) is 3.33. The number of ether oxygens (including phenoxy) is 2. The Morgan fingerprint density at radius 3 is 2.86 bits per heavy atom. The van der Waals surface area contributed by atoms with Crippen molar-refractivity contribution >= 4 is 44.1 Å². The van der Waals surface area contributed by atoms with Crippen molar-refractivity contribution in [1.29, 1.82) is 0 Å². The van der Waals surface area contributed by atoms with E-state index in [4.69, 9.17) is 9.47 Å². The van der Waals surface area contributed by atoms with Crippen molar-refractivity contribution in [1.82, 2.24) is 0 Å². The van der Waals surface area contributed by atoms with Crippen LogP contribution in [0.4, 0.5) is 5.00 Å². The van der Waals surface area contributed by atoms with Gasteiger partial charge in [-0.3, -0.25) is 9.59 Å². The van der Waals surface area contributed by atoms with Crippen molar-refractivity contribution in [3.8, 4) is 5.75 Å². The van der Waals surface area contributed by atoms with Gasteiger partial charge in [0.15, 0.2) is 6.61 Å². The molecule has 1 aliphatic rings. The fraction of sp³-hybridized carbons (Fsp3) is 0.267. The van der Waals surface area contributed by atoms with Crippen molar-refractivity contribution in [2.45, 2.75) is 13.8 Å². The van der Waals surface area contributed by atoms with E-state index in [0.717, 1.165) is 0 Å². The number of esters is 1. The monoisotopic (exact) mass is 319 g/mol. The molecule has 0 aliphatic carbocycles. The summed E-state index contributed by atoms with van der Waals surface area (Å²) >= 11 is 1.20. The van der Waals surface area contributed by atoms with Gasteiger partial charge < -0.3 is 14.8 Å². The van der Waals surface area contributed by atoms with E-state index < -0.39 is 5.97 Å². The Morgan fingerprint density at radius 1 is 1.41 bits per heavy atom. The van der Waals surface area contributed by atoms with Gasteiger partial charge >= 0.3 is 5.97 Å². The molecular weight excluding hydrogens is 306 g/mol. The van der Waals surface area contributed by atoms with E-state index in [9.17, 15) is 14.4 Å². The van der Waals surface area contributed by atoms with Gasteiger partial charge in [0.1, 0.15) is 16.3 Å². The minimum Gasteiger partial charge on any atom is -0.483 e. The quantitative estimate of drug-likeness (QED) is 0.879. The third-order valence-corrected chi connectivity index (χ3v) is 4.35. The highest BCUT2D eigenvalue weighted by atomic mass is 32.1. The average Bonchev–Trinajstić information content (AvgIpc) is 2.99. The van der Waals surface area contributed by atoms with Crippen LogP contribution in [-0.2, 0) is 9.53 Å². The fourth-order valence-corrected chi connectivity index (χ4v) is 3.60. The summed E-state index contributed by atoms with van der Waals surface area (Å²) in [5.74, 6) is -0.425. The van der Waals surface area contributed by atoms with Gasteiger partial charge in [0.25, 0.3) is 0 Å². The van der Waals surface area contributed by atoms with Crippen LogP contribution in [0.1, 0.15) is 34.6 Å². The molecule has 1 aromatic carbocycles. The van der Waals surface area contributed by atoms with E-state index in [0.29, 0.717) is 32.0 Å². The van der Waals surface area contributed by atoms with Crippen LogP contribution in [0.5, 0.6) is 5.75 Å². The van der Waals surface area contributed by atoms with Crippen molar-refractivity contribution in [3.05, 3.63) is 23.3 Å². The number of amides is 1. The lowest BCUT2D eigenvalue weighted by atomic mass is 10.1. The third kappa shape index (κ3) is 2.23. The molecule has 0 radical (unpaired) electrons. The highest BCUT2D eigenvalue weighted by Gasteiger charge is 2.29. The molecule has 1 aliphatic heterocycles. The molecule has 2 aromatic rings. The van der Waals surface area contributed by atoms with Crippen molar-refractivity contribution in [3.63, 3.8) is 0 Å². The Morgan fingerprint density at radius 2 is 2.18 bits per heavy atom. The largest absolute Gasteiger partial charge is 0.483 e. The lowest BCUT2D eigenvalue weighted by Crippen LogP contribution is -2.10. The topological polar surface area (TPSA) is 81.7 Å². The van der Waals surface area contributed by atoms with Gasteiger partial charge in [-0.25, -0.2) is 4.79 Å². The molecule has 0 atom stereocenters. The number of Topliss-reactive ketones (excluding diaryl/α,β-unsaturated/α-hetero) is 1. The number of fused-ring (bicyclic) bond motifs is 3. The zero-order valence-corrected chi connectivity index (χ0v) is 12.8. The number of nitrogens with one attached hydrogen (secondary N) is 1. The van der Waals surface area contributed by atoms with Crippen LogP contribution in [0.2, 0.25) is 0 Å². The van der Waals surface area contributed by atoms with E-state index in [2.05, 4.69) is 5.32 Å². The Labute approximate surface area is 130 Å². The highest BCUT2D eigenvalue weighted by molar-refractivity contribution is 7.24. The predicted molar refractivity (Wildman–Crippen MR) is 81.9 cm³/mol. The second-order valence-electron chi connectivity index (χ2n) is 4.74. The summed E-state index contributed by atoms with van der Waals surface area (Å²) < 4.78 is 11.2. The molecule has 0 spiro atoms. The Bertz CT molecular complexity index is 808. The first-order valence-electron chi connectivity index (χ1n) is 6.73. The molecule has 0 bridgehead atoms. The van der Waals surface area contributed by atoms with Crippen LogP contribution in [0.3, 0.4) is 0 Å². The van der Waals surface area contributed by atoms with Crippen LogP contribution in [0.15, 0.2) is 12.1 Å². The minimum atomic E-state index is -0.512. The van der Waals surface area contributed by atoms with Gasteiger partial charge in [0.2, 0.25) is 11.7 Å². The van der Waals surface area contributed by atoms with E-state index in [-0.39, 0.29) is 24.9 Å². The van der Waals surface area contributed by atoms with Gasteiger partial charge in [-0.2, -0.15) is 0 Å². The van der Waals surface area contributed by atoms with Gasteiger partial charge in [0.05, 0.1) is 16.9 Å². The maximum atomic E-state index is 12.2. The number of benzene rings is 1. The first kappa shape index (κ1) is 14.5. The Kier molecular flexibility index (Phi) is 3.58. The maximum absolute atomic E-state index is 12.2. The number of ketones is 1. The normalized spacial score (nSPS) is 12.9. The van der Waals surface area contributed by atoms with Gasteiger partial charge in [-0.05, 0) is 13.0 Å². The molecule has 22 heavy (non-hydrogen) atoms. The molecule has 2 heterocycles. The molecule has 0 saturated carbocycles. The summed E-state index contributed by atoms with van der Waals surface area (Å²) in [7, 11) is 0. The molecule has 1 amide bonds. The van der Waals surface area contributed by atoms with Crippen LogP contribution in [0.25, 0.3) is 10.1 Å². The van der Waals surface area contributed by atoms with Crippen molar-refractivity contribution in [2.75, 3.05) is 18.5 Å². The Hall–Kier alpha value is -2.41. The predicted octanol–water partition coefficient (Wildman–Crippen LogP) is 2.61. The van der Waals surface area contributed by atoms with Gasteiger partial charge in [-0.1, -0.05) is 6.07 Å². The zero-order valence-electron chi connectivity index (χ0n) is 12.0. The number of hydrogen-bond acceptors (Lipinski definition) is 6. The van der Waals surface area contributed by atoms with E-state index in [1.54, 1.807) is 19.1 Å². The first-order chi connectivity index (χ1) is 10.5. The lowest BCUT2D eigenvalue weighted by molar-refractivity contribution is -0.114. The van der Waals surface area contributed by atoms with Crippen LogP contribution in [0, 0.1) is 0 Å². The molecule has 0 unspecified atom stereocenters. The fourth-order valence-electron chi connectivity index (χ4n) is 2.37. The SMILES string of the molecule is CCOC(=O)c1c(NC(C)=O)sc2c3c(ccc12)C(=O)CO3.